The van der Waals surface area contributed by atoms with Gasteiger partial charge in [-0.05, 0) is 48.3 Å². The molecule has 3 rings (SSSR count). The first-order valence-electron chi connectivity index (χ1n) is 11.5. The van der Waals surface area contributed by atoms with Crippen LogP contribution in [0.2, 0.25) is 0 Å². The monoisotopic (exact) mass is 576 g/mol. The molecule has 2 aromatic rings. The van der Waals surface area contributed by atoms with E-state index in [1.165, 1.54) is 0 Å². The molecule has 0 fully saturated rings. The highest BCUT2D eigenvalue weighted by Crippen LogP contribution is 2.66. The van der Waals surface area contributed by atoms with Crippen LogP contribution in [0.5, 0.6) is 0 Å². The fourth-order valence-electron chi connectivity index (χ4n) is 4.19. The molecular weight excluding hydrogens is 558 g/mol. The Bertz CT molecular complexity index is 1420. The van der Waals surface area contributed by atoms with Crippen LogP contribution in [0.25, 0.3) is 23.3 Å². The molecule has 0 amide bonds. The number of halogens is 6. The van der Waals surface area contributed by atoms with E-state index in [-0.39, 0.29) is 43.5 Å². The Hall–Kier alpha value is -3.84. The van der Waals surface area contributed by atoms with Crippen LogP contribution in [0.1, 0.15) is 57.3 Å². The molecule has 4 nitrogen and oxygen atoms in total. The summed E-state index contributed by atoms with van der Waals surface area (Å²) in [7, 11) is 0. The van der Waals surface area contributed by atoms with E-state index < -0.39 is 40.0 Å². The minimum Gasteiger partial charge on any atom is -0.194 e. The van der Waals surface area contributed by atoms with Crippen LogP contribution >= 0.6 is 22.7 Å². The van der Waals surface area contributed by atoms with E-state index in [0.29, 0.717) is 12.8 Å². The second-order valence-corrected chi connectivity index (χ2v) is 10.8. The molecule has 0 aromatic carbocycles. The molecule has 0 radical (unpaired) electrons. The van der Waals surface area contributed by atoms with Gasteiger partial charge in [0.25, 0.3) is 0 Å². The fourth-order valence-corrected chi connectivity index (χ4v) is 6.62. The Kier molecular flexibility index (Phi) is 8.46. The van der Waals surface area contributed by atoms with Gasteiger partial charge in [0.05, 0.1) is 0 Å². The summed E-state index contributed by atoms with van der Waals surface area (Å²) in [5.74, 6) is -16.3. The van der Waals surface area contributed by atoms with Gasteiger partial charge in [0.15, 0.2) is 0 Å². The Morgan fingerprint density at radius 2 is 1.03 bits per heavy atom. The second kappa shape index (κ2) is 11.1. The van der Waals surface area contributed by atoms with Crippen LogP contribution in [0.15, 0.2) is 23.3 Å². The van der Waals surface area contributed by atoms with Gasteiger partial charge in [-0.25, -0.2) is 0 Å². The van der Waals surface area contributed by atoms with Crippen molar-refractivity contribution >= 4 is 46.0 Å². The SMILES string of the molecule is CCCc1sc(C=C(C#N)C#N)cc1C1=C(c2cc(C=C(C#N)C#N)sc2CCC)C(F)(F)C(F)(F)C1(F)F. The molecule has 12 heteroatoms. The van der Waals surface area contributed by atoms with E-state index in [2.05, 4.69) is 0 Å². The van der Waals surface area contributed by atoms with Crippen LogP contribution in [0, 0.1) is 45.3 Å². The van der Waals surface area contributed by atoms with Crippen molar-refractivity contribution in [1.82, 2.24) is 0 Å². The van der Waals surface area contributed by atoms with E-state index in [4.69, 9.17) is 21.0 Å². The third kappa shape index (κ3) is 4.99. The van der Waals surface area contributed by atoms with Crippen molar-refractivity contribution in [2.45, 2.75) is 57.3 Å². The highest BCUT2D eigenvalue weighted by molar-refractivity contribution is 7.13. The number of hydrogen-bond acceptors (Lipinski definition) is 6. The van der Waals surface area contributed by atoms with Crippen LogP contribution in [-0.4, -0.2) is 17.8 Å². The Morgan fingerprint density at radius 3 is 1.31 bits per heavy atom. The summed E-state index contributed by atoms with van der Waals surface area (Å²) < 4.78 is 91.8. The molecule has 2 aromatic heterocycles. The summed E-state index contributed by atoms with van der Waals surface area (Å²) in [5.41, 5.74) is -4.78. The summed E-state index contributed by atoms with van der Waals surface area (Å²) in [4.78, 5) is 0.456. The average molecular weight is 577 g/mol. The van der Waals surface area contributed by atoms with Crippen molar-refractivity contribution < 1.29 is 26.3 Å². The van der Waals surface area contributed by atoms with E-state index in [1.807, 2.05) is 0 Å². The predicted molar refractivity (Wildman–Crippen MR) is 137 cm³/mol. The van der Waals surface area contributed by atoms with Crippen molar-refractivity contribution in [3.63, 3.8) is 0 Å². The third-order valence-corrected chi connectivity index (χ3v) is 8.15. The molecule has 2 heterocycles. The number of alkyl halides is 6. The van der Waals surface area contributed by atoms with Gasteiger partial charge in [-0.3, -0.25) is 0 Å². The first-order chi connectivity index (χ1) is 18.3. The number of thiophene rings is 2. The van der Waals surface area contributed by atoms with Crippen LogP contribution in [0.3, 0.4) is 0 Å². The van der Waals surface area contributed by atoms with Gasteiger partial charge < -0.3 is 0 Å². The summed E-state index contributed by atoms with van der Waals surface area (Å²) in [5, 5.41) is 36.3. The number of allylic oxidation sites excluding steroid dienone is 4. The lowest BCUT2D eigenvalue weighted by Gasteiger charge is -2.26. The maximum Gasteiger partial charge on any atom is 0.380 e. The van der Waals surface area contributed by atoms with Crippen LogP contribution < -0.4 is 0 Å². The molecule has 0 saturated carbocycles. The first-order valence-corrected chi connectivity index (χ1v) is 13.2. The van der Waals surface area contributed by atoms with Gasteiger partial charge in [-0.1, -0.05) is 26.7 Å². The molecule has 0 atom stereocenters. The smallest absolute Gasteiger partial charge is 0.194 e. The summed E-state index contributed by atoms with van der Waals surface area (Å²) in [6.07, 6.45) is 3.11. The molecule has 0 N–H and O–H groups in total. The summed E-state index contributed by atoms with van der Waals surface area (Å²) >= 11 is 1.69. The molecule has 0 unspecified atom stereocenters. The number of aryl methyl sites for hydroxylation is 2. The van der Waals surface area contributed by atoms with Crippen molar-refractivity contribution in [1.29, 1.82) is 21.0 Å². The topological polar surface area (TPSA) is 95.2 Å². The zero-order valence-corrected chi connectivity index (χ0v) is 22.1. The molecule has 0 bridgehead atoms. The van der Waals surface area contributed by atoms with E-state index in [1.54, 1.807) is 38.1 Å². The zero-order valence-electron chi connectivity index (χ0n) is 20.5. The lowest BCUT2D eigenvalue weighted by molar-refractivity contribution is -0.254. The number of hydrogen-bond donors (Lipinski definition) is 0. The average Bonchev–Trinajstić information content (AvgIpc) is 3.49. The minimum atomic E-state index is -5.76. The molecule has 0 spiro atoms. The van der Waals surface area contributed by atoms with Gasteiger partial charge in [-0.2, -0.15) is 47.4 Å². The first kappa shape index (κ1) is 29.7. The zero-order chi connectivity index (χ0) is 29.2. The largest absolute Gasteiger partial charge is 0.380 e. The van der Waals surface area contributed by atoms with Crippen LogP contribution in [0.4, 0.5) is 26.3 Å². The normalized spacial score (nSPS) is 16.5. The Labute approximate surface area is 228 Å². The lowest BCUT2D eigenvalue weighted by Crippen LogP contribution is -2.49. The third-order valence-electron chi connectivity index (χ3n) is 5.87. The highest BCUT2D eigenvalue weighted by atomic mass is 32.1. The molecular formula is C27H18F6N4S2. The van der Waals surface area contributed by atoms with E-state index in [0.717, 1.165) is 47.0 Å². The maximum absolute atomic E-state index is 15.5. The molecule has 39 heavy (non-hydrogen) atoms. The lowest BCUT2D eigenvalue weighted by atomic mass is 9.93. The molecule has 1 aliphatic rings. The molecule has 0 saturated heterocycles. The van der Waals surface area contributed by atoms with E-state index in [9.17, 15) is 8.78 Å². The molecule has 200 valence electrons. The summed E-state index contributed by atoms with van der Waals surface area (Å²) in [6.45, 7) is 3.39. The van der Waals surface area contributed by atoms with Crippen molar-refractivity contribution in [2.75, 3.05) is 0 Å². The van der Waals surface area contributed by atoms with E-state index >= 15 is 17.6 Å². The Morgan fingerprint density at radius 1 is 0.692 bits per heavy atom. The van der Waals surface area contributed by atoms with Crippen molar-refractivity contribution in [2.24, 2.45) is 0 Å². The second-order valence-electron chi connectivity index (χ2n) is 8.51. The van der Waals surface area contributed by atoms with Gasteiger partial charge in [0.2, 0.25) is 0 Å². The fraction of sp³-hybridized carbons (Fsp3) is 0.333. The maximum atomic E-state index is 15.5. The number of rotatable bonds is 8. The number of nitriles is 4. The van der Waals surface area contributed by atoms with Gasteiger partial charge in [0, 0.05) is 30.7 Å². The molecule has 1 aliphatic carbocycles. The van der Waals surface area contributed by atoms with Gasteiger partial charge >= 0.3 is 17.8 Å². The highest BCUT2D eigenvalue weighted by Gasteiger charge is 2.80. The number of nitrogens with zero attached hydrogens (tertiary/aromatic N) is 4. The van der Waals surface area contributed by atoms with Gasteiger partial charge in [0.1, 0.15) is 35.4 Å². The quantitative estimate of drug-likeness (QED) is 0.233. The van der Waals surface area contributed by atoms with Crippen molar-refractivity contribution in [3.8, 4) is 24.3 Å². The predicted octanol–water partition coefficient (Wildman–Crippen LogP) is 8.41. The van der Waals surface area contributed by atoms with Crippen molar-refractivity contribution in [3.05, 3.63) is 53.9 Å². The summed E-state index contributed by atoms with van der Waals surface area (Å²) in [6, 6.07) is 8.51. The minimum absolute atomic E-state index is 0.0967. The van der Waals surface area contributed by atoms with Crippen LogP contribution in [-0.2, 0) is 12.8 Å². The standard InChI is InChI=1S/C27H18F6N4S2/c1-3-5-21-19(9-17(38-21)7-15(11-34)12-35)23-24(26(30,31)27(32,33)25(23,28)29)20-10-18(8-16(13-36)14-37)39-22(20)6-4-2/h7-10H,3-6H2,1-2H3. The van der Waals surface area contributed by atoms with Gasteiger partial charge in [-0.15, -0.1) is 22.7 Å². The Balaban J connectivity index is 2.48. The molecule has 0 aliphatic heterocycles.